The van der Waals surface area contributed by atoms with Gasteiger partial charge < -0.3 is 15.0 Å². The van der Waals surface area contributed by atoms with E-state index in [0.29, 0.717) is 17.7 Å². The molecular weight excluding hydrogens is 327 g/mol. The third-order valence-corrected chi connectivity index (χ3v) is 3.94. The van der Waals surface area contributed by atoms with Crippen molar-refractivity contribution in [3.63, 3.8) is 0 Å². The van der Waals surface area contributed by atoms with Gasteiger partial charge in [0.05, 0.1) is 5.69 Å². The molecule has 0 unspecified atom stereocenters. The first-order valence-corrected chi connectivity index (χ1v) is 7.75. The lowest BCUT2D eigenvalue weighted by atomic mass is 10.2. The number of aryl methyl sites for hydroxylation is 2. The molecule has 0 aliphatic carbocycles. The first kappa shape index (κ1) is 16.7. The maximum Gasteiger partial charge on any atom is 0.280 e. The Bertz CT molecular complexity index is 1010. The summed E-state index contributed by atoms with van der Waals surface area (Å²) in [6.45, 7) is 2.03. The van der Waals surface area contributed by atoms with E-state index in [4.69, 9.17) is 0 Å². The zero-order chi connectivity index (χ0) is 18.1. The number of rotatable bonds is 4. The van der Waals surface area contributed by atoms with Crippen molar-refractivity contribution in [1.29, 1.82) is 0 Å². The van der Waals surface area contributed by atoms with Crippen molar-refractivity contribution in [1.82, 2.24) is 19.5 Å². The van der Waals surface area contributed by atoms with Gasteiger partial charge in [-0.15, -0.1) is 0 Å². The Morgan fingerprint density at radius 2 is 2.00 bits per heavy atom. The van der Waals surface area contributed by atoms with Gasteiger partial charge in [-0.2, -0.15) is 5.10 Å². The van der Waals surface area contributed by atoms with Crippen LogP contribution in [-0.2, 0) is 20.0 Å². The number of carbonyl (C=O) groups excluding carboxylic acids is 1. The van der Waals surface area contributed by atoms with Gasteiger partial charge in [-0.3, -0.25) is 9.59 Å². The third-order valence-electron chi connectivity index (χ3n) is 3.94. The van der Waals surface area contributed by atoms with Crippen molar-refractivity contribution >= 4 is 11.4 Å². The minimum absolute atomic E-state index is 0.0335. The lowest BCUT2D eigenvalue weighted by molar-refractivity contribution is 0.0943. The zero-order valence-electron chi connectivity index (χ0n) is 13.8. The van der Waals surface area contributed by atoms with E-state index in [2.05, 4.69) is 10.4 Å². The van der Waals surface area contributed by atoms with E-state index in [1.165, 1.54) is 21.2 Å². The first-order chi connectivity index (χ1) is 11.9. The molecule has 0 atom stereocenters. The molecule has 130 valence electrons. The van der Waals surface area contributed by atoms with Crippen LogP contribution in [0.2, 0.25) is 0 Å². The molecule has 0 saturated carbocycles. The molecule has 0 aliphatic heterocycles. The summed E-state index contributed by atoms with van der Waals surface area (Å²) in [6.07, 6.45) is 2.18. The highest BCUT2D eigenvalue weighted by Gasteiger charge is 2.22. The summed E-state index contributed by atoms with van der Waals surface area (Å²) in [5.41, 5.74) is 0.682. The fraction of sp³-hybridized carbons (Fsp3) is 0.235. The zero-order valence-corrected chi connectivity index (χ0v) is 13.8. The Balaban J connectivity index is 1.94. The molecule has 1 amide bonds. The predicted molar refractivity (Wildman–Crippen MR) is 89.0 cm³/mol. The molecule has 2 heterocycles. The van der Waals surface area contributed by atoms with Gasteiger partial charge in [-0.1, -0.05) is 19.1 Å². The van der Waals surface area contributed by atoms with Crippen LogP contribution in [0.1, 0.15) is 28.7 Å². The van der Waals surface area contributed by atoms with Crippen molar-refractivity contribution < 1.29 is 14.3 Å². The van der Waals surface area contributed by atoms with E-state index in [-0.39, 0.29) is 23.6 Å². The molecule has 3 aromatic rings. The molecule has 0 fully saturated rings. The summed E-state index contributed by atoms with van der Waals surface area (Å²) < 4.78 is 15.5. The van der Waals surface area contributed by atoms with Gasteiger partial charge in [0, 0.05) is 19.8 Å². The van der Waals surface area contributed by atoms with Gasteiger partial charge in [0.25, 0.3) is 11.5 Å². The van der Waals surface area contributed by atoms with Crippen LogP contribution in [-0.4, -0.2) is 25.2 Å². The summed E-state index contributed by atoms with van der Waals surface area (Å²) in [5, 5.41) is 17.0. The number of aromatic nitrogens is 3. The first-order valence-electron chi connectivity index (χ1n) is 7.75. The highest BCUT2D eigenvalue weighted by Crippen LogP contribution is 2.21. The van der Waals surface area contributed by atoms with Gasteiger partial charge in [0.15, 0.2) is 17.0 Å². The number of hydrogen-bond donors (Lipinski definition) is 2. The number of nitrogens with zero attached hydrogens (tertiary/aromatic N) is 3. The number of halogens is 1. The van der Waals surface area contributed by atoms with Crippen LogP contribution >= 0.6 is 0 Å². The van der Waals surface area contributed by atoms with E-state index < -0.39 is 17.2 Å². The minimum Gasteiger partial charge on any atom is -0.503 e. The monoisotopic (exact) mass is 344 g/mol. The van der Waals surface area contributed by atoms with Crippen LogP contribution in [0.15, 0.2) is 35.3 Å². The van der Waals surface area contributed by atoms with Crippen molar-refractivity contribution in [2.45, 2.75) is 19.9 Å². The van der Waals surface area contributed by atoms with Crippen LogP contribution in [0, 0.1) is 5.82 Å². The molecule has 1 aromatic carbocycles. The normalized spacial score (nSPS) is 11.0. The van der Waals surface area contributed by atoms with Crippen molar-refractivity contribution in [2.75, 3.05) is 0 Å². The largest absolute Gasteiger partial charge is 0.503 e. The molecule has 8 heteroatoms. The van der Waals surface area contributed by atoms with Crippen molar-refractivity contribution in [3.8, 4) is 5.75 Å². The molecule has 7 nitrogen and oxygen atoms in total. The Morgan fingerprint density at radius 1 is 1.32 bits per heavy atom. The fourth-order valence-electron chi connectivity index (χ4n) is 2.58. The SMILES string of the molecule is CCc1cn(C)c(=O)c2c(O)c(C(=O)NCc3ccc(F)cc3)nn12. The average Bonchev–Trinajstić information content (AvgIpc) is 2.95. The molecule has 2 aromatic heterocycles. The summed E-state index contributed by atoms with van der Waals surface area (Å²) in [5.74, 6) is -1.43. The second-order valence-electron chi connectivity index (χ2n) is 5.66. The smallest absolute Gasteiger partial charge is 0.280 e. The molecular formula is C17H17FN4O3. The molecule has 25 heavy (non-hydrogen) atoms. The molecule has 0 spiro atoms. The maximum atomic E-state index is 12.9. The van der Waals surface area contributed by atoms with Crippen molar-refractivity contribution in [3.05, 3.63) is 63.6 Å². The van der Waals surface area contributed by atoms with E-state index in [9.17, 15) is 19.1 Å². The molecule has 0 bridgehead atoms. The number of hydrogen-bond acceptors (Lipinski definition) is 4. The third kappa shape index (κ3) is 2.98. The topological polar surface area (TPSA) is 88.6 Å². The number of fused-ring (bicyclic) bond motifs is 1. The maximum absolute atomic E-state index is 12.9. The Labute approximate surface area is 142 Å². The van der Waals surface area contributed by atoms with Crippen LogP contribution in [0.3, 0.4) is 0 Å². The molecule has 3 rings (SSSR count). The van der Waals surface area contributed by atoms with E-state index in [0.717, 1.165) is 0 Å². The molecule has 0 radical (unpaired) electrons. The number of benzene rings is 1. The van der Waals surface area contributed by atoms with Gasteiger partial charge in [0.2, 0.25) is 0 Å². The number of aromatic hydroxyl groups is 1. The molecule has 0 aliphatic rings. The summed E-state index contributed by atoms with van der Waals surface area (Å²) in [4.78, 5) is 24.6. The highest BCUT2D eigenvalue weighted by atomic mass is 19.1. The Hall–Kier alpha value is -3.16. The van der Waals surface area contributed by atoms with Gasteiger partial charge in [-0.25, -0.2) is 8.91 Å². The lowest BCUT2D eigenvalue weighted by Crippen LogP contribution is -2.23. The highest BCUT2D eigenvalue weighted by molar-refractivity contribution is 5.97. The second-order valence-corrected chi connectivity index (χ2v) is 5.66. The Kier molecular flexibility index (Phi) is 4.26. The van der Waals surface area contributed by atoms with Gasteiger partial charge in [-0.05, 0) is 24.1 Å². The summed E-state index contributed by atoms with van der Waals surface area (Å²) >= 11 is 0. The van der Waals surface area contributed by atoms with Crippen LogP contribution < -0.4 is 10.9 Å². The van der Waals surface area contributed by atoms with E-state index in [1.54, 1.807) is 25.4 Å². The van der Waals surface area contributed by atoms with E-state index >= 15 is 0 Å². The molecule has 0 saturated heterocycles. The number of carbonyl (C=O) groups is 1. The molecule has 2 N–H and O–H groups in total. The minimum atomic E-state index is -0.616. The lowest BCUT2D eigenvalue weighted by Gasteiger charge is -2.04. The summed E-state index contributed by atoms with van der Waals surface area (Å²) in [7, 11) is 1.57. The number of amides is 1. The Morgan fingerprint density at radius 3 is 2.64 bits per heavy atom. The van der Waals surface area contributed by atoms with Gasteiger partial charge in [0.1, 0.15) is 5.82 Å². The van der Waals surface area contributed by atoms with Crippen LogP contribution in [0.5, 0.6) is 5.75 Å². The predicted octanol–water partition coefficient (Wildman–Crippen LogP) is 1.37. The standard InChI is InChI=1S/C17H17FN4O3/c1-3-12-9-21(2)17(25)14-15(23)13(20-22(12)14)16(24)19-8-10-4-6-11(18)7-5-10/h4-7,9,23H,3,8H2,1-2H3,(H,19,24). The van der Waals surface area contributed by atoms with E-state index in [1.807, 2.05) is 6.92 Å². The number of nitrogens with one attached hydrogen (secondary N) is 1. The van der Waals surface area contributed by atoms with Crippen LogP contribution in [0.25, 0.3) is 5.52 Å². The van der Waals surface area contributed by atoms with Crippen LogP contribution in [0.4, 0.5) is 4.39 Å². The summed E-state index contributed by atoms with van der Waals surface area (Å²) in [6, 6.07) is 5.68. The second kappa shape index (κ2) is 6.39. The fourth-order valence-corrected chi connectivity index (χ4v) is 2.58. The average molecular weight is 344 g/mol. The quantitative estimate of drug-likeness (QED) is 0.748. The van der Waals surface area contributed by atoms with Crippen molar-refractivity contribution in [2.24, 2.45) is 7.05 Å². The van der Waals surface area contributed by atoms with Gasteiger partial charge >= 0.3 is 0 Å².